The van der Waals surface area contributed by atoms with Crippen molar-refractivity contribution in [3.05, 3.63) is 90.1 Å². The molecule has 1 saturated heterocycles. The molecule has 1 aromatic heterocycles. The smallest absolute Gasteiger partial charge is 0.261 e. The quantitative estimate of drug-likeness (QED) is 0.172. The highest BCUT2D eigenvalue weighted by molar-refractivity contribution is 6.99. The molecule has 2 atom stereocenters. The van der Waals surface area contributed by atoms with Crippen LogP contribution in [0.2, 0.25) is 5.04 Å². The molecular formula is C34H44N2O3Si. The van der Waals surface area contributed by atoms with E-state index in [9.17, 15) is 5.11 Å². The van der Waals surface area contributed by atoms with Gasteiger partial charge in [0.05, 0.1) is 17.8 Å². The summed E-state index contributed by atoms with van der Waals surface area (Å²) in [5.41, 5.74) is 3.13. The molecule has 40 heavy (non-hydrogen) atoms. The fourth-order valence-electron chi connectivity index (χ4n) is 6.31. The Morgan fingerprint density at radius 2 is 1.68 bits per heavy atom. The number of nitrogens with zero attached hydrogens (tertiary/aromatic N) is 2. The summed E-state index contributed by atoms with van der Waals surface area (Å²) in [6, 6.07) is 25.8. The molecular weight excluding hydrogens is 512 g/mol. The number of fused-ring (bicyclic) bond motifs is 1. The molecule has 0 radical (unpaired) electrons. The number of benzene rings is 3. The number of hydrogen-bond acceptors (Lipinski definition) is 4. The lowest BCUT2D eigenvalue weighted by molar-refractivity contribution is -0.0367. The summed E-state index contributed by atoms with van der Waals surface area (Å²) < 4.78 is 15.0. The van der Waals surface area contributed by atoms with E-state index in [1.54, 1.807) is 0 Å². The van der Waals surface area contributed by atoms with Crippen molar-refractivity contribution in [1.82, 2.24) is 9.78 Å². The molecule has 5 rings (SSSR count). The van der Waals surface area contributed by atoms with Crippen LogP contribution in [0.25, 0.3) is 10.9 Å². The zero-order valence-corrected chi connectivity index (χ0v) is 25.5. The van der Waals surface area contributed by atoms with Gasteiger partial charge in [-0.05, 0) is 84.1 Å². The van der Waals surface area contributed by atoms with Crippen molar-refractivity contribution >= 4 is 29.6 Å². The maximum absolute atomic E-state index is 11.3. The molecule has 1 aliphatic heterocycles. The lowest BCUT2D eigenvalue weighted by Gasteiger charge is -2.43. The normalized spacial score (nSPS) is 17.3. The summed E-state index contributed by atoms with van der Waals surface area (Å²) in [5.74, 6) is 0. The second kappa shape index (κ2) is 12.4. The van der Waals surface area contributed by atoms with Crippen LogP contribution < -0.4 is 10.4 Å². The maximum atomic E-state index is 11.3. The lowest BCUT2D eigenvalue weighted by atomic mass is 9.98. The van der Waals surface area contributed by atoms with Crippen LogP contribution in [0.4, 0.5) is 0 Å². The Hall–Kier alpha value is -2.77. The van der Waals surface area contributed by atoms with Gasteiger partial charge in [0.25, 0.3) is 8.32 Å². The lowest BCUT2D eigenvalue weighted by Crippen LogP contribution is -2.66. The number of rotatable bonds is 10. The number of aliphatic hydroxyl groups is 1. The Bertz CT molecular complexity index is 1340. The summed E-state index contributed by atoms with van der Waals surface area (Å²) in [5, 5.41) is 19.6. The molecule has 0 saturated carbocycles. The van der Waals surface area contributed by atoms with E-state index in [1.807, 2.05) is 10.9 Å². The third kappa shape index (κ3) is 5.82. The summed E-state index contributed by atoms with van der Waals surface area (Å²) in [6.45, 7) is 10.5. The minimum Gasteiger partial charge on any atom is -0.407 e. The van der Waals surface area contributed by atoms with Gasteiger partial charge in [-0.15, -0.1) is 0 Å². The molecule has 0 aliphatic carbocycles. The first-order chi connectivity index (χ1) is 19.3. The first-order valence-corrected chi connectivity index (χ1v) is 16.7. The molecule has 2 unspecified atom stereocenters. The van der Waals surface area contributed by atoms with Crippen molar-refractivity contribution < 1.29 is 14.3 Å². The molecule has 2 heterocycles. The summed E-state index contributed by atoms with van der Waals surface area (Å²) >= 11 is 0. The van der Waals surface area contributed by atoms with E-state index in [2.05, 4.69) is 106 Å². The Balaban J connectivity index is 1.28. The highest BCUT2D eigenvalue weighted by Gasteiger charge is 2.49. The summed E-state index contributed by atoms with van der Waals surface area (Å²) in [4.78, 5) is 0. The number of hydrogen-bond donors (Lipinski definition) is 1. The van der Waals surface area contributed by atoms with Crippen LogP contribution in [0.1, 0.15) is 82.8 Å². The van der Waals surface area contributed by atoms with Gasteiger partial charge in [-0.2, -0.15) is 5.10 Å². The van der Waals surface area contributed by atoms with Crippen LogP contribution in [0, 0.1) is 6.92 Å². The standard InChI is InChI=1S/C34H44N2O3Si/c1-26-23-27-25-35-36(33-20-12-13-21-38-33)31(27)24-30(26)32(37)19-11-14-22-39-40(34(2,3)4,28-15-7-5-8-16-28)29-17-9-6-10-18-29/h5-10,15-18,23-25,32-33,37H,11-14,19-22H2,1-4H3. The minimum absolute atomic E-state index is 0.0161. The van der Waals surface area contributed by atoms with E-state index >= 15 is 0 Å². The van der Waals surface area contributed by atoms with E-state index in [4.69, 9.17) is 9.16 Å². The van der Waals surface area contributed by atoms with E-state index in [0.29, 0.717) is 13.0 Å². The average Bonchev–Trinajstić information content (AvgIpc) is 3.37. The van der Waals surface area contributed by atoms with Crippen molar-refractivity contribution in [2.24, 2.45) is 0 Å². The second-order valence-corrected chi connectivity index (χ2v) is 16.5. The minimum atomic E-state index is -2.53. The molecule has 1 fully saturated rings. The third-order valence-corrected chi connectivity index (χ3v) is 13.4. The van der Waals surface area contributed by atoms with Gasteiger partial charge >= 0.3 is 0 Å². The molecule has 1 N–H and O–H groups in total. The predicted octanol–water partition coefficient (Wildman–Crippen LogP) is 6.82. The van der Waals surface area contributed by atoms with Gasteiger partial charge in [0.15, 0.2) is 6.23 Å². The largest absolute Gasteiger partial charge is 0.407 e. The van der Waals surface area contributed by atoms with Gasteiger partial charge in [0, 0.05) is 18.6 Å². The van der Waals surface area contributed by atoms with Gasteiger partial charge in [0.2, 0.25) is 0 Å². The van der Waals surface area contributed by atoms with Crippen LogP contribution >= 0.6 is 0 Å². The monoisotopic (exact) mass is 556 g/mol. The van der Waals surface area contributed by atoms with Crippen molar-refractivity contribution in [3.63, 3.8) is 0 Å². The Morgan fingerprint density at radius 1 is 1.00 bits per heavy atom. The fraction of sp³-hybridized carbons (Fsp3) is 0.441. The number of aliphatic hydroxyl groups excluding tert-OH is 1. The van der Waals surface area contributed by atoms with Gasteiger partial charge in [0.1, 0.15) is 0 Å². The van der Waals surface area contributed by atoms with Crippen LogP contribution in [0.15, 0.2) is 79.0 Å². The molecule has 1 aliphatic rings. The highest BCUT2D eigenvalue weighted by atomic mass is 28.4. The number of aromatic nitrogens is 2. The van der Waals surface area contributed by atoms with Crippen molar-refractivity contribution in [1.29, 1.82) is 0 Å². The molecule has 5 nitrogen and oxygen atoms in total. The van der Waals surface area contributed by atoms with Crippen molar-refractivity contribution in [2.45, 2.75) is 83.6 Å². The Labute approximate surface area is 240 Å². The topological polar surface area (TPSA) is 56.5 Å². The van der Waals surface area contributed by atoms with Gasteiger partial charge < -0.3 is 14.3 Å². The first-order valence-electron chi connectivity index (χ1n) is 14.8. The van der Waals surface area contributed by atoms with E-state index < -0.39 is 14.4 Å². The predicted molar refractivity (Wildman–Crippen MR) is 166 cm³/mol. The van der Waals surface area contributed by atoms with Gasteiger partial charge in [-0.25, -0.2) is 4.68 Å². The van der Waals surface area contributed by atoms with Crippen LogP contribution in [0.5, 0.6) is 0 Å². The zero-order valence-electron chi connectivity index (χ0n) is 24.5. The molecule has 0 spiro atoms. The van der Waals surface area contributed by atoms with Gasteiger partial charge in [-0.3, -0.25) is 0 Å². The molecule has 0 amide bonds. The van der Waals surface area contributed by atoms with E-state index in [1.165, 1.54) is 10.4 Å². The third-order valence-electron chi connectivity index (χ3n) is 8.38. The SMILES string of the molecule is Cc1cc2cnn(C3CCCCO3)c2cc1C(O)CCCCO[Si](c1ccccc1)(c1ccccc1)C(C)(C)C. The Kier molecular flexibility index (Phi) is 8.91. The summed E-state index contributed by atoms with van der Waals surface area (Å²) in [6.07, 6.45) is 7.11. The van der Waals surface area contributed by atoms with Crippen molar-refractivity contribution in [3.8, 4) is 0 Å². The molecule has 6 heteroatoms. The van der Waals surface area contributed by atoms with Gasteiger partial charge in [-0.1, -0.05) is 81.4 Å². The maximum Gasteiger partial charge on any atom is 0.261 e. The van der Waals surface area contributed by atoms with E-state index in [0.717, 1.165) is 60.7 Å². The molecule has 4 aromatic rings. The fourth-order valence-corrected chi connectivity index (χ4v) is 10.9. The average molecular weight is 557 g/mol. The number of ether oxygens (including phenoxy) is 1. The summed E-state index contributed by atoms with van der Waals surface area (Å²) in [7, 11) is -2.53. The van der Waals surface area contributed by atoms with E-state index in [-0.39, 0.29) is 11.3 Å². The molecule has 0 bridgehead atoms. The van der Waals surface area contributed by atoms with Crippen molar-refractivity contribution in [2.75, 3.05) is 13.2 Å². The van der Waals surface area contributed by atoms with Crippen LogP contribution in [-0.4, -0.2) is 36.4 Å². The number of aryl methyl sites for hydroxylation is 1. The zero-order chi connectivity index (χ0) is 28.2. The second-order valence-electron chi connectivity index (χ2n) is 12.2. The highest BCUT2D eigenvalue weighted by Crippen LogP contribution is 2.37. The van der Waals surface area contributed by atoms with Crippen LogP contribution in [0.3, 0.4) is 0 Å². The van der Waals surface area contributed by atoms with Crippen LogP contribution in [-0.2, 0) is 9.16 Å². The first kappa shape index (κ1) is 28.7. The Morgan fingerprint density at radius 3 is 2.27 bits per heavy atom. The molecule has 3 aromatic carbocycles. The molecule has 212 valence electrons. The number of unbranched alkanes of at least 4 members (excludes halogenated alkanes) is 1.